The molecule has 0 saturated carbocycles. The minimum atomic E-state index is -0.330. The summed E-state index contributed by atoms with van der Waals surface area (Å²) in [7, 11) is 3.25. The van der Waals surface area contributed by atoms with Gasteiger partial charge in [-0.2, -0.15) is 0 Å². The highest BCUT2D eigenvalue weighted by Gasteiger charge is 2.43. The lowest BCUT2D eigenvalue weighted by Gasteiger charge is -2.26. The molecule has 0 spiro atoms. The van der Waals surface area contributed by atoms with Gasteiger partial charge in [0.25, 0.3) is 11.8 Å². The predicted octanol–water partition coefficient (Wildman–Crippen LogP) is 4.34. The van der Waals surface area contributed by atoms with Crippen LogP contribution < -0.4 is 4.90 Å². The highest BCUT2D eigenvalue weighted by atomic mass is 16.5. The number of ether oxygens (including phenoxy) is 2. The smallest absolute Gasteiger partial charge is 0.282 e. The second kappa shape index (κ2) is 10.2. The van der Waals surface area contributed by atoms with Gasteiger partial charge in [0.2, 0.25) is 0 Å². The van der Waals surface area contributed by atoms with E-state index in [0.29, 0.717) is 43.3 Å². The first-order chi connectivity index (χ1) is 16.5. The molecule has 1 heterocycles. The van der Waals surface area contributed by atoms with Crippen LogP contribution in [0, 0.1) is 13.8 Å². The Labute approximate surface area is 200 Å². The van der Waals surface area contributed by atoms with Crippen LogP contribution >= 0.6 is 0 Å². The van der Waals surface area contributed by atoms with Crippen LogP contribution in [0.2, 0.25) is 0 Å². The molecule has 0 aromatic heterocycles. The molecule has 0 saturated heterocycles. The van der Waals surface area contributed by atoms with Crippen LogP contribution in [0.25, 0.3) is 16.3 Å². The number of hydrogen-bond donors (Lipinski definition) is 0. The summed E-state index contributed by atoms with van der Waals surface area (Å²) >= 11 is 0. The first kappa shape index (κ1) is 23.7. The molecule has 0 bridgehead atoms. The van der Waals surface area contributed by atoms with Crippen molar-refractivity contribution < 1.29 is 19.1 Å². The van der Waals surface area contributed by atoms with Crippen molar-refractivity contribution in [2.45, 2.75) is 13.8 Å². The van der Waals surface area contributed by atoms with E-state index >= 15 is 0 Å². The molecule has 0 unspecified atom stereocenters. The number of hydrogen-bond acceptors (Lipinski definition) is 5. The third-order valence-corrected chi connectivity index (χ3v) is 6.17. The fourth-order valence-electron chi connectivity index (χ4n) is 4.51. The van der Waals surface area contributed by atoms with Crippen LogP contribution in [-0.2, 0) is 19.1 Å². The Morgan fingerprint density at radius 1 is 0.824 bits per heavy atom. The van der Waals surface area contributed by atoms with Crippen molar-refractivity contribution in [3.8, 4) is 0 Å². The Balaban J connectivity index is 1.91. The number of nitrogens with zero attached hydrogens (tertiary/aromatic N) is 2. The fourth-order valence-corrected chi connectivity index (χ4v) is 4.51. The third kappa shape index (κ3) is 4.34. The summed E-state index contributed by atoms with van der Waals surface area (Å²) in [5.41, 5.74) is 4.21. The SMILES string of the molecule is COCCN(CCOC)C1=C(c2ccc(C)cc2C)C(=O)N(c2cccc3ccccc23)C1=O. The van der Waals surface area contributed by atoms with Gasteiger partial charge in [-0.25, -0.2) is 4.90 Å². The molecule has 3 aromatic carbocycles. The van der Waals surface area contributed by atoms with Crippen LogP contribution in [0.5, 0.6) is 0 Å². The zero-order valence-electron chi connectivity index (χ0n) is 20.1. The van der Waals surface area contributed by atoms with Gasteiger partial charge in [-0.15, -0.1) is 0 Å². The summed E-state index contributed by atoms with van der Waals surface area (Å²) in [6, 6.07) is 19.4. The number of carbonyl (C=O) groups is 2. The van der Waals surface area contributed by atoms with Crippen molar-refractivity contribution in [3.05, 3.63) is 83.1 Å². The Bertz CT molecular complexity index is 1250. The molecule has 0 aliphatic carbocycles. The summed E-state index contributed by atoms with van der Waals surface area (Å²) < 4.78 is 10.6. The van der Waals surface area contributed by atoms with Gasteiger partial charge in [0.15, 0.2) is 0 Å². The Kier molecular flexibility index (Phi) is 7.10. The first-order valence-electron chi connectivity index (χ1n) is 11.4. The van der Waals surface area contributed by atoms with Gasteiger partial charge in [-0.1, -0.05) is 60.2 Å². The van der Waals surface area contributed by atoms with Gasteiger partial charge in [0, 0.05) is 32.7 Å². The molecule has 6 heteroatoms. The lowest BCUT2D eigenvalue weighted by atomic mass is 9.97. The highest BCUT2D eigenvalue weighted by Crippen LogP contribution is 2.38. The molecule has 0 N–H and O–H groups in total. The summed E-state index contributed by atoms with van der Waals surface area (Å²) in [6.45, 7) is 5.75. The van der Waals surface area contributed by atoms with Crippen LogP contribution in [0.1, 0.15) is 16.7 Å². The van der Waals surface area contributed by atoms with E-state index in [1.165, 1.54) is 4.90 Å². The molecule has 4 rings (SSSR count). The number of imide groups is 1. The number of carbonyl (C=O) groups excluding carboxylic acids is 2. The number of benzene rings is 3. The Morgan fingerprint density at radius 3 is 2.18 bits per heavy atom. The molecule has 0 atom stereocenters. The maximum atomic E-state index is 14.0. The number of anilines is 1. The van der Waals surface area contributed by atoms with E-state index in [-0.39, 0.29) is 11.8 Å². The van der Waals surface area contributed by atoms with Crippen molar-refractivity contribution in [3.63, 3.8) is 0 Å². The van der Waals surface area contributed by atoms with Crippen LogP contribution in [0.3, 0.4) is 0 Å². The van der Waals surface area contributed by atoms with Crippen molar-refractivity contribution in [2.24, 2.45) is 0 Å². The van der Waals surface area contributed by atoms with E-state index in [0.717, 1.165) is 27.5 Å². The number of rotatable bonds is 9. The molecule has 0 fully saturated rings. The van der Waals surface area contributed by atoms with Gasteiger partial charge < -0.3 is 14.4 Å². The average molecular weight is 459 g/mol. The Morgan fingerprint density at radius 2 is 1.50 bits per heavy atom. The molecule has 0 radical (unpaired) electrons. The first-order valence-corrected chi connectivity index (χ1v) is 11.4. The van der Waals surface area contributed by atoms with E-state index in [2.05, 4.69) is 0 Å². The second-order valence-corrected chi connectivity index (χ2v) is 8.46. The molecular weight excluding hydrogens is 428 g/mol. The minimum Gasteiger partial charge on any atom is -0.383 e. The van der Waals surface area contributed by atoms with E-state index in [1.807, 2.05) is 79.4 Å². The van der Waals surface area contributed by atoms with Gasteiger partial charge >= 0.3 is 0 Å². The Hall–Kier alpha value is -3.48. The van der Waals surface area contributed by atoms with Crippen molar-refractivity contribution in [1.82, 2.24) is 4.90 Å². The topological polar surface area (TPSA) is 59.1 Å². The fraction of sp³-hybridized carbons (Fsp3) is 0.286. The number of methoxy groups -OCH3 is 2. The van der Waals surface area contributed by atoms with Gasteiger partial charge in [-0.05, 0) is 36.4 Å². The average Bonchev–Trinajstić information content (AvgIpc) is 3.08. The summed E-state index contributed by atoms with van der Waals surface area (Å²) in [6.07, 6.45) is 0. The van der Waals surface area contributed by atoms with Crippen LogP contribution in [0.15, 0.2) is 66.4 Å². The number of aryl methyl sites for hydroxylation is 2. The maximum Gasteiger partial charge on any atom is 0.282 e. The zero-order valence-corrected chi connectivity index (χ0v) is 20.1. The number of amides is 2. The maximum absolute atomic E-state index is 14.0. The standard InChI is InChI=1S/C28H30N2O4/c1-19-12-13-22(20(2)18-19)25-26(29(14-16-33-3)15-17-34-4)28(32)30(27(25)31)24-11-7-9-21-8-5-6-10-23(21)24/h5-13,18H,14-17H2,1-4H3. The zero-order chi connectivity index (χ0) is 24.2. The molecular formula is C28H30N2O4. The number of fused-ring (bicyclic) bond motifs is 1. The highest BCUT2D eigenvalue weighted by molar-refractivity contribution is 6.46. The lowest BCUT2D eigenvalue weighted by Crippen LogP contribution is -2.37. The van der Waals surface area contributed by atoms with Gasteiger partial charge in [-0.3, -0.25) is 9.59 Å². The predicted molar refractivity (Wildman–Crippen MR) is 135 cm³/mol. The van der Waals surface area contributed by atoms with Crippen LogP contribution in [0.4, 0.5) is 5.69 Å². The second-order valence-electron chi connectivity index (χ2n) is 8.46. The lowest BCUT2D eigenvalue weighted by molar-refractivity contribution is -0.120. The monoisotopic (exact) mass is 458 g/mol. The van der Waals surface area contributed by atoms with Crippen LogP contribution in [-0.4, -0.2) is 57.2 Å². The van der Waals surface area contributed by atoms with Crippen molar-refractivity contribution in [1.29, 1.82) is 0 Å². The van der Waals surface area contributed by atoms with Crippen molar-refractivity contribution >= 4 is 33.8 Å². The van der Waals surface area contributed by atoms with E-state index in [9.17, 15) is 9.59 Å². The quantitative estimate of drug-likeness (QED) is 0.447. The molecule has 1 aliphatic heterocycles. The molecule has 6 nitrogen and oxygen atoms in total. The largest absolute Gasteiger partial charge is 0.383 e. The molecule has 2 amide bonds. The molecule has 3 aromatic rings. The van der Waals surface area contributed by atoms with Crippen molar-refractivity contribution in [2.75, 3.05) is 45.4 Å². The molecule has 1 aliphatic rings. The van der Waals surface area contributed by atoms with E-state index in [1.54, 1.807) is 14.2 Å². The normalized spacial score (nSPS) is 13.9. The molecule has 176 valence electrons. The summed E-state index contributed by atoms with van der Waals surface area (Å²) in [4.78, 5) is 31.3. The van der Waals surface area contributed by atoms with Gasteiger partial charge in [0.05, 0.1) is 24.5 Å². The third-order valence-electron chi connectivity index (χ3n) is 6.17. The van der Waals surface area contributed by atoms with E-state index in [4.69, 9.17) is 9.47 Å². The minimum absolute atomic E-state index is 0.317. The summed E-state index contributed by atoms with van der Waals surface area (Å²) in [5.74, 6) is -0.647. The summed E-state index contributed by atoms with van der Waals surface area (Å²) in [5, 5.41) is 1.82. The van der Waals surface area contributed by atoms with E-state index < -0.39 is 0 Å². The molecule has 34 heavy (non-hydrogen) atoms. The van der Waals surface area contributed by atoms with Gasteiger partial charge in [0.1, 0.15) is 5.70 Å².